The van der Waals surface area contributed by atoms with Gasteiger partial charge in [-0.1, -0.05) is 6.58 Å². The standard InChI is InChI=1S/C18H25N7O5/c1-8(26)15-11(24-10(27)4-9-2-3-19-5-9)13(28)14(29)18(30-15)25-17-12-16(21-6-20-12)22-7-23-17/h6-7,9,11,13-15,18-19,26,28-29H,1-5H2,(H,24,27)(H2,20,21,22,23,25)/t9-,11-,13-,14+,15+,18+/m1/s1. The van der Waals surface area contributed by atoms with Crippen molar-refractivity contribution in [3.63, 3.8) is 0 Å². The third-order valence-electron chi connectivity index (χ3n) is 5.44. The average Bonchev–Trinajstić information content (AvgIpc) is 3.39. The summed E-state index contributed by atoms with van der Waals surface area (Å²) >= 11 is 0. The SMILES string of the molecule is C=C(O)[C@@H]1O[C@H](Nc2ncnc3nc[nH]c23)[C@@H](O)[C@H](O)[C@H]1NC(=O)C[C@H]1CCNC1. The number of carbonyl (C=O) groups excluding carboxylic acids is 1. The molecule has 0 bridgehead atoms. The lowest BCUT2D eigenvalue weighted by molar-refractivity contribution is -0.174. The largest absolute Gasteiger partial charge is 0.510 e. The number of aromatic amines is 1. The molecule has 0 saturated carbocycles. The Bertz CT molecular complexity index is 915. The molecule has 2 aromatic rings. The van der Waals surface area contributed by atoms with Crippen LogP contribution < -0.4 is 16.0 Å². The number of amides is 1. The number of hydrogen-bond acceptors (Lipinski definition) is 10. The fourth-order valence-electron chi connectivity index (χ4n) is 3.86. The summed E-state index contributed by atoms with van der Waals surface area (Å²) in [6.45, 7) is 5.11. The van der Waals surface area contributed by atoms with Crippen molar-refractivity contribution in [3.8, 4) is 0 Å². The number of carbonyl (C=O) groups is 1. The highest BCUT2D eigenvalue weighted by Crippen LogP contribution is 2.27. The molecule has 0 aliphatic carbocycles. The van der Waals surface area contributed by atoms with E-state index in [9.17, 15) is 20.1 Å². The number of ether oxygens (including phenoxy) is 1. The summed E-state index contributed by atoms with van der Waals surface area (Å²) in [5, 5.41) is 40.1. The number of rotatable bonds is 6. The topological polar surface area (TPSA) is 178 Å². The first kappa shape index (κ1) is 20.5. The minimum Gasteiger partial charge on any atom is -0.510 e. The monoisotopic (exact) mass is 419 g/mol. The minimum absolute atomic E-state index is 0.205. The highest BCUT2D eigenvalue weighted by Gasteiger charge is 2.46. The van der Waals surface area contributed by atoms with E-state index in [1.54, 1.807) is 0 Å². The molecule has 30 heavy (non-hydrogen) atoms. The molecule has 12 nitrogen and oxygen atoms in total. The fraction of sp³-hybridized carbons (Fsp3) is 0.556. The Hall–Kier alpha value is -2.80. The number of hydrogen-bond donors (Lipinski definition) is 7. The van der Waals surface area contributed by atoms with Crippen molar-refractivity contribution in [2.45, 2.75) is 43.4 Å². The van der Waals surface area contributed by atoms with E-state index in [-0.39, 0.29) is 24.0 Å². The van der Waals surface area contributed by atoms with E-state index in [0.717, 1.165) is 19.5 Å². The van der Waals surface area contributed by atoms with E-state index in [0.29, 0.717) is 17.0 Å². The molecule has 2 fully saturated rings. The Balaban J connectivity index is 1.48. The molecule has 2 saturated heterocycles. The Kier molecular flexibility index (Phi) is 5.81. The van der Waals surface area contributed by atoms with E-state index in [1.165, 1.54) is 12.7 Å². The third-order valence-corrected chi connectivity index (χ3v) is 5.44. The molecule has 2 aromatic heterocycles. The molecule has 4 rings (SSSR count). The van der Waals surface area contributed by atoms with Gasteiger partial charge in [-0.3, -0.25) is 4.79 Å². The van der Waals surface area contributed by atoms with Crippen LogP contribution in [-0.2, 0) is 9.53 Å². The molecule has 12 heteroatoms. The maximum Gasteiger partial charge on any atom is 0.220 e. The number of H-pyrrole nitrogens is 1. The highest BCUT2D eigenvalue weighted by molar-refractivity contribution is 5.82. The smallest absolute Gasteiger partial charge is 0.220 e. The van der Waals surface area contributed by atoms with Crippen molar-refractivity contribution in [2.75, 3.05) is 18.4 Å². The number of nitrogens with one attached hydrogen (secondary N) is 4. The number of nitrogens with zero attached hydrogens (tertiary/aromatic N) is 3. The van der Waals surface area contributed by atoms with Crippen molar-refractivity contribution < 1.29 is 24.9 Å². The number of aliphatic hydroxyl groups is 3. The Morgan fingerprint density at radius 3 is 2.87 bits per heavy atom. The molecule has 2 aliphatic heterocycles. The fourth-order valence-corrected chi connectivity index (χ4v) is 3.86. The third kappa shape index (κ3) is 4.07. The van der Waals surface area contributed by atoms with Crippen molar-refractivity contribution in [1.82, 2.24) is 30.6 Å². The van der Waals surface area contributed by atoms with Gasteiger partial charge in [0.2, 0.25) is 5.91 Å². The second kappa shape index (κ2) is 8.52. The molecule has 2 aliphatic rings. The van der Waals surface area contributed by atoms with Crippen molar-refractivity contribution in [2.24, 2.45) is 5.92 Å². The minimum atomic E-state index is -1.42. The molecule has 0 unspecified atom stereocenters. The van der Waals surface area contributed by atoms with Gasteiger partial charge in [0, 0.05) is 6.42 Å². The van der Waals surface area contributed by atoms with Crippen LogP contribution in [0.3, 0.4) is 0 Å². The van der Waals surface area contributed by atoms with E-state index in [1.807, 2.05) is 0 Å². The zero-order valence-corrected chi connectivity index (χ0v) is 16.2. The van der Waals surface area contributed by atoms with Crippen LogP contribution >= 0.6 is 0 Å². The van der Waals surface area contributed by atoms with Gasteiger partial charge in [-0.2, -0.15) is 0 Å². The molecule has 0 aromatic carbocycles. The van der Waals surface area contributed by atoms with Gasteiger partial charge in [0.1, 0.15) is 35.9 Å². The van der Waals surface area contributed by atoms with Crippen LogP contribution in [0.15, 0.2) is 25.0 Å². The van der Waals surface area contributed by atoms with Crippen LogP contribution in [0.5, 0.6) is 0 Å². The van der Waals surface area contributed by atoms with Crippen molar-refractivity contribution in [1.29, 1.82) is 0 Å². The normalized spacial score (nSPS) is 31.5. The van der Waals surface area contributed by atoms with Crippen LogP contribution in [0.4, 0.5) is 5.82 Å². The van der Waals surface area contributed by atoms with Crippen LogP contribution in [-0.4, -0.2) is 84.8 Å². The van der Waals surface area contributed by atoms with Crippen LogP contribution in [0.2, 0.25) is 0 Å². The predicted molar refractivity (Wildman–Crippen MR) is 105 cm³/mol. The first-order valence-corrected chi connectivity index (χ1v) is 9.74. The molecule has 0 radical (unpaired) electrons. The number of imidazole rings is 1. The van der Waals surface area contributed by atoms with Gasteiger partial charge >= 0.3 is 0 Å². The van der Waals surface area contributed by atoms with Gasteiger partial charge in [-0.05, 0) is 25.4 Å². The molecular formula is C18H25N7O5. The lowest BCUT2D eigenvalue weighted by Crippen LogP contribution is -2.65. The molecule has 162 valence electrons. The summed E-state index contributed by atoms with van der Waals surface area (Å²) in [4.78, 5) is 27.5. The van der Waals surface area contributed by atoms with E-state index in [4.69, 9.17) is 4.74 Å². The van der Waals surface area contributed by atoms with Crippen LogP contribution in [0.1, 0.15) is 12.8 Å². The van der Waals surface area contributed by atoms with Gasteiger partial charge < -0.3 is 41.0 Å². The highest BCUT2D eigenvalue weighted by atomic mass is 16.5. The summed E-state index contributed by atoms with van der Waals surface area (Å²) in [6.07, 6.45) is -1.21. The van der Waals surface area contributed by atoms with Gasteiger partial charge in [-0.25, -0.2) is 15.0 Å². The van der Waals surface area contributed by atoms with E-state index < -0.39 is 30.6 Å². The number of fused-ring (bicyclic) bond motifs is 1. The Morgan fingerprint density at radius 1 is 1.30 bits per heavy atom. The number of aliphatic hydroxyl groups excluding tert-OH is 3. The second-order valence-electron chi connectivity index (χ2n) is 7.57. The zero-order valence-electron chi connectivity index (χ0n) is 16.2. The van der Waals surface area contributed by atoms with Gasteiger partial charge in [0.05, 0.1) is 12.4 Å². The van der Waals surface area contributed by atoms with Crippen LogP contribution in [0.25, 0.3) is 11.2 Å². The Morgan fingerprint density at radius 2 is 2.13 bits per heavy atom. The van der Waals surface area contributed by atoms with Gasteiger partial charge in [0.15, 0.2) is 17.7 Å². The lowest BCUT2D eigenvalue weighted by Gasteiger charge is -2.43. The first-order chi connectivity index (χ1) is 14.4. The van der Waals surface area contributed by atoms with Crippen LogP contribution in [0, 0.1) is 5.92 Å². The van der Waals surface area contributed by atoms with Crippen molar-refractivity contribution in [3.05, 3.63) is 25.0 Å². The quantitative estimate of drug-likeness (QED) is 0.280. The molecular weight excluding hydrogens is 394 g/mol. The van der Waals surface area contributed by atoms with Gasteiger partial charge in [-0.15, -0.1) is 0 Å². The molecule has 6 atom stereocenters. The summed E-state index contributed by atoms with van der Waals surface area (Å²) in [5.74, 6) is -0.172. The Labute approximate surface area is 171 Å². The predicted octanol–water partition coefficient (Wildman–Crippen LogP) is -1.23. The van der Waals surface area contributed by atoms with E-state index >= 15 is 0 Å². The number of anilines is 1. The lowest BCUT2D eigenvalue weighted by atomic mass is 9.93. The summed E-state index contributed by atoms with van der Waals surface area (Å²) < 4.78 is 5.75. The summed E-state index contributed by atoms with van der Waals surface area (Å²) in [5.41, 5.74) is 0.899. The maximum absolute atomic E-state index is 12.4. The molecule has 0 spiro atoms. The second-order valence-corrected chi connectivity index (χ2v) is 7.57. The molecule has 4 heterocycles. The maximum atomic E-state index is 12.4. The van der Waals surface area contributed by atoms with Gasteiger partial charge in [0.25, 0.3) is 0 Å². The molecule has 7 N–H and O–H groups in total. The first-order valence-electron chi connectivity index (χ1n) is 9.74. The zero-order chi connectivity index (χ0) is 21.3. The molecule has 1 amide bonds. The van der Waals surface area contributed by atoms with E-state index in [2.05, 4.69) is 42.5 Å². The summed E-state index contributed by atoms with van der Waals surface area (Å²) in [7, 11) is 0. The summed E-state index contributed by atoms with van der Waals surface area (Å²) in [6, 6.07) is -1.06. The van der Waals surface area contributed by atoms with Crippen molar-refractivity contribution >= 4 is 22.9 Å². The average molecular weight is 419 g/mol. The number of aromatic nitrogens is 4.